The average molecular weight is 242 g/mol. The molecule has 0 aromatic carbocycles. The summed E-state index contributed by atoms with van der Waals surface area (Å²) in [5, 5.41) is 53.0. The Kier molecular flexibility index (Phi) is 15.0. The molecule has 2 unspecified atom stereocenters. The molecule has 0 rings (SSSR count). The monoisotopic (exact) mass is 242 g/mol. The molecule has 0 aliphatic heterocycles. The molecular formula is C6H15BO9. The van der Waals surface area contributed by atoms with Crippen molar-refractivity contribution in [3.8, 4) is 0 Å². The molecule has 0 saturated heterocycles. The Morgan fingerprint density at radius 3 is 0.938 bits per heavy atom. The van der Waals surface area contributed by atoms with Crippen molar-refractivity contribution in [1.82, 2.24) is 0 Å². The molecule has 0 aliphatic carbocycles. The average Bonchev–Trinajstić information content (AvgIpc) is 2.03. The molecule has 0 aliphatic rings. The van der Waals surface area contributed by atoms with Gasteiger partial charge in [-0.3, -0.25) is 0 Å². The van der Waals surface area contributed by atoms with E-state index in [9.17, 15) is 9.59 Å². The minimum absolute atomic E-state index is 1.19. The lowest BCUT2D eigenvalue weighted by molar-refractivity contribution is -0.146. The molecule has 0 bridgehead atoms. The van der Waals surface area contributed by atoms with Crippen molar-refractivity contribution in [2.45, 2.75) is 26.1 Å². The molecule has 0 amide bonds. The number of aliphatic hydroxyl groups excluding tert-OH is 2. The van der Waals surface area contributed by atoms with Crippen LogP contribution in [-0.2, 0) is 9.59 Å². The summed E-state index contributed by atoms with van der Waals surface area (Å²) in [6, 6.07) is 0. The summed E-state index contributed by atoms with van der Waals surface area (Å²) in [4.78, 5) is 18.9. The Morgan fingerprint density at radius 1 is 0.875 bits per heavy atom. The molecule has 0 saturated carbocycles. The maximum Gasteiger partial charge on any atom is 0.631 e. The second-order valence-corrected chi connectivity index (χ2v) is 2.37. The second-order valence-electron chi connectivity index (χ2n) is 2.37. The third-order valence-corrected chi connectivity index (χ3v) is 0.715. The lowest BCUT2D eigenvalue weighted by Gasteiger charge is -1.89. The molecule has 0 aromatic rings. The minimum atomic E-state index is -2.17. The Hall–Kier alpha value is -1.20. The SMILES string of the molecule is CC(O)C(=O)O.CC(O)C(=O)O.OB(O)O. The first-order chi connectivity index (χ1) is 7.02. The summed E-state index contributed by atoms with van der Waals surface area (Å²) in [6.45, 7) is 2.39. The van der Waals surface area contributed by atoms with E-state index in [0.717, 1.165) is 0 Å². The van der Waals surface area contributed by atoms with Gasteiger partial charge in [0.1, 0.15) is 12.2 Å². The quantitative estimate of drug-likeness (QED) is 0.246. The van der Waals surface area contributed by atoms with Gasteiger partial charge < -0.3 is 35.5 Å². The van der Waals surface area contributed by atoms with Gasteiger partial charge in [0.2, 0.25) is 0 Å². The molecule has 0 fully saturated rings. The van der Waals surface area contributed by atoms with Crippen molar-refractivity contribution in [3.05, 3.63) is 0 Å². The molecule has 10 heteroatoms. The van der Waals surface area contributed by atoms with Crippen LogP contribution in [0, 0.1) is 0 Å². The van der Waals surface area contributed by atoms with E-state index in [2.05, 4.69) is 0 Å². The number of hydrogen-bond donors (Lipinski definition) is 7. The molecule has 0 aromatic heterocycles. The van der Waals surface area contributed by atoms with E-state index in [1.54, 1.807) is 0 Å². The van der Waals surface area contributed by atoms with Gasteiger partial charge in [-0.2, -0.15) is 0 Å². The molecule has 0 spiro atoms. The van der Waals surface area contributed by atoms with Gasteiger partial charge >= 0.3 is 19.3 Å². The lowest BCUT2D eigenvalue weighted by Crippen LogP contribution is -2.13. The van der Waals surface area contributed by atoms with Crippen LogP contribution in [0.2, 0.25) is 0 Å². The summed E-state index contributed by atoms with van der Waals surface area (Å²) in [6.07, 6.45) is -2.46. The zero-order chi connectivity index (χ0) is 13.9. The van der Waals surface area contributed by atoms with Crippen LogP contribution in [0.5, 0.6) is 0 Å². The predicted molar refractivity (Wildman–Crippen MR) is 51.0 cm³/mol. The van der Waals surface area contributed by atoms with Crippen molar-refractivity contribution in [2.75, 3.05) is 0 Å². The number of aliphatic carboxylic acids is 2. The Morgan fingerprint density at radius 2 is 0.938 bits per heavy atom. The van der Waals surface area contributed by atoms with Crippen molar-refractivity contribution in [1.29, 1.82) is 0 Å². The third-order valence-electron chi connectivity index (χ3n) is 0.715. The first-order valence-electron chi connectivity index (χ1n) is 3.88. The number of carboxylic acid groups (broad SMARTS) is 2. The van der Waals surface area contributed by atoms with Crippen LogP contribution in [0.3, 0.4) is 0 Å². The highest BCUT2D eigenvalue weighted by molar-refractivity contribution is 6.30. The van der Waals surface area contributed by atoms with Crippen LogP contribution in [-0.4, -0.2) is 67.0 Å². The van der Waals surface area contributed by atoms with Crippen LogP contribution in [0.25, 0.3) is 0 Å². The molecule has 0 heterocycles. The summed E-state index contributed by atoms with van der Waals surface area (Å²) in [5.41, 5.74) is 0. The standard InChI is InChI=1S/2C3H6O3.BH3O3/c2*1-2(4)3(5)6;2-1(3)4/h2*2,4H,1H3,(H,5,6);2-4H. The highest BCUT2D eigenvalue weighted by Crippen LogP contribution is 1.73. The number of hydrogen-bond acceptors (Lipinski definition) is 7. The number of carbonyl (C=O) groups is 2. The summed E-state index contributed by atoms with van der Waals surface area (Å²) < 4.78 is 0. The fourth-order valence-electron chi connectivity index (χ4n) is 0. The predicted octanol–water partition coefficient (Wildman–Crippen LogP) is -3.15. The Bertz CT molecular complexity index is 170. The van der Waals surface area contributed by atoms with Crippen molar-refractivity contribution < 1.29 is 45.1 Å². The third kappa shape index (κ3) is 38.5. The van der Waals surface area contributed by atoms with Crippen LogP contribution in [0.1, 0.15) is 13.8 Å². The highest BCUT2D eigenvalue weighted by atomic mass is 16.5. The van der Waals surface area contributed by atoms with Gasteiger partial charge in [-0.1, -0.05) is 0 Å². The summed E-state index contributed by atoms with van der Waals surface area (Å²) >= 11 is 0. The zero-order valence-corrected chi connectivity index (χ0v) is 8.68. The van der Waals surface area contributed by atoms with Gasteiger partial charge in [0, 0.05) is 0 Å². The highest BCUT2D eigenvalue weighted by Gasteiger charge is 2.02. The maximum absolute atomic E-state index is 9.45. The van der Waals surface area contributed by atoms with Gasteiger partial charge in [0.15, 0.2) is 0 Å². The maximum atomic E-state index is 9.45. The van der Waals surface area contributed by atoms with E-state index in [-0.39, 0.29) is 0 Å². The molecule has 96 valence electrons. The Labute approximate surface area is 91.4 Å². The number of aliphatic hydroxyl groups is 2. The van der Waals surface area contributed by atoms with Gasteiger partial charge in [0.25, 0.3) is 0 Å². The molecule has 9 nitrogen and oxygen atoms in total. The van der Waals surface area contributed by atoms with Gasteiger partial charge in [-0.25, -0.2) is 9.59 Å². The topological polar surface area (TPSA) is 176 Å². The van der Waals surface area contributed by atoms with Gasteiger partial charge in [0.05, 0.1) is 0 Å². The van der Waals surface area contributed by atoms with Gasteiger partial charge in [-0.05, 0) is 13.8 Å². The lowest BCUT2D eigenvalue weighted by atomic mass is 10.3. The summed E-state index contributed by atoms with van der Waals surface area (Å²) in [5.74, 6) is -2.37. The summed E-state index contributed by atoms with van der Waals surface area (Å²) in [7, 11) is -2.17. The van der Waals surface area contributed by atoms with E-state index >= 15 is 0 Å². The van der Waals surface area contributed by atoms with Crippen molar-refractivity contribution in [3.63, 3.8) is 0 Å². The Balaban J connectivity index is -0.000000162. The fraction of sp³-hybridized carbons (Fsp3) is 0.667. The van der Waals surface area contributed by atoms with E-state index in [4.69, 9.17) is 35.5 Å². The van der Waals surface area contributed by atoms with Crippen LogP contribution < -0.4 is 0 Å². The van der Waals surface area contributed by atoms with Crippen molar-refractivity contribution in [2.24, 2.45) is 0 Å². The molecular weight excluding hydrogens is 227 g/mol. The first kappa shape index (κ1) is 20.2. The normalized spacial score (nSPS) is 11.9. The van der Waals surface area contributed by atoms with Crippen LogP contribution >= 0.6 is 0 Å². The van der Waals surface area contributed by atoms with Crippen molar-refractivity contribution >= 4 is 19.3 Å². The largest absolute Gasteiger partial charge is 0.631 e. The fourth-order valence-corrected chi connectivity index (χ4v) is 0. The number of carboxylic acids is 2. The van der Waals surface area contributed by atoms with Crippen LogP contribution in [0.4, 0.5) is 0 Å². The molecule has 2 atom stereocenters. The van der Waals surface area contributed by atoms with E-state index < -0.39 is 31.5 Å². The first-order valence-corrected chi connectivity index (χ1v) is 3.88. The smallest absolute Gasteiger partial charge is 0.479 e. The molecule has 0 radical (unpaired) electrons. The number of rotatable bonds is 2. The minimum Gasteiger partial charge on any atom is -0.479 e. The van der Waals surface area contributed by atoms with Gasteiger partial charge in [-0.15, -0.1) is 0 Å². The molecule has 16 heavy (non-hydrogen) atoms. The van der Waals surface area contributed by atoms with Crippen LogP contribution in [0.15, 0.2) is 0 Å². The zero-order valence-electron chi connectivity index (χ0n) is 8.68. The van der Waals surface area contributed by atoms with E-state index in [1.807, 2.05) is 0 Å². The van der Waals surface area contributed by atoms with E-state index in [1.165, 1.54) is 13.8 Å². The second kappa shape index (κ2) is 11.9. The molecule has 7 N–H and O–H groups in total. The van der Waals surface area contributed by atoms with E-state index in [0.29, 0.717) is 0 Å².